The quantitative estimate of drug-likeness (QED) is 0.390. The number of amides is 1. The zero-order chi connectivity index (χ0) is 15.1. The molecule has 1 amide bonds. The second-order valence-corrected chi connectivity index (χ2v) is 4.34. The van der Waals surface area contributed by atoms with E-state index in [2.05, 4.69) is 0 Å². The van der Waals surface area contributed by atoms with E-state index in [1.807, 2.05) is 0 Å². The maximum Gasteiger partial charge on any atom is 0.248 e. The standard InChI is InChI=1S/C13H19NO6/c14-13(19)9-3-1-2-8(4-9)7-20-11(6-16)12(18)10(17)5-15/h1-4,10-12,15-18H,5-7H2,(H2,14,19). The molecule has 0 aliphatic heterocycles. The minimum atomic E-state index is -1.41. The number of carbonyl (C=O) groups excluding carboxylic acids is 1. The number of ether oxygens (including phenoxy) is 1. The van der Waals surface area contributed by atoms with Gasteiger partial charge in [0.2, 0.25) is 5.91 Å². The maximum atomic E-state index is 11.0. The van der Waals surface area contributed by atoms with Crippen molar-refractivity contribution in [1.29, 1.82) is 0 Å². The second-order valence-electron chi connectivity index (χ2n) is 4.34. The van der Waals surface area contributed by atoms with Crippen molar-refractivity contribution in [1.82, 2.24) is 0 Å². The van der Waals surface area contributed by atoms with Crippen molar-refractivity contribution in [3.8, 4) is 0 Å². The zero-order valence-corrected chi connectivity index (χ0v) is 10.8. The lowest BCUT2D eigenvalue weighted by Crippen LogP contribution is -2.42. The first-order chi connectivity index (χ1) is 9.49. The van der Waals surface area contributed by atoms with Crippen LogP contribution in [0.5, 0.6) is 0 Å². The molecule has 1 aromatic carbocycles. The molecule has 6 N–H and O–H groups in total. The van der Waals surface area contributed by atoms with E-state index < -0.39 is 37.4 Å². The molecule has 0 aliphatic rings. The number of benzene rings is 1. The zero-order valence-electron chi connectivity index (χ0n) is 10.8. The summed E-state index contributed by atoms with van der Waals surface area (Å²) in [6, 6.07) is 6.41. The number of hydrogen-bond donors (Lipinski definition) is 5. The summed E-state index contributed by atoms with van der Waals surface area (Å²) in [7, 11) is 0. The van der Waals surface area contributed by atoms with Crippen LogP contribution in [0, 0.1) is 0 Å². The Kier molecular flexibility index (Phi) is 6.56. The first-order valence-corrected chi connectivity index (χ1v) is 6.07. The molecule has 0 saturated carbocycles. The molecule has 112 valence electrons. The van der Waals surface area contributed by atoms with Crippen molar-refractivity contribution in [2.75, 3.05) is 13.2 Å². The van der Waals surface area contributed by atoms with Crippen LogP contribution in [0.3, 0.4) is 0 Å². The van der Waals surface area contributed by atoms with Gasteiger partial charge in [-0.2, -0.15) is 0 Å². The lowest BCUT2D eigenvalue weighted by atomic mass is 10.1. The van der Waals surface area contributed by atoms with Crippen LogP contribution in [0.2, 0.25) is 0 Å². The highest BCUT2D eigenvalue weighted by atomic mass is 16.5. The molecule has 1 rings (SSSR count). The predicted octanol–water partition coefficient (Wildman–Crippen LogP) is -1.62. The molecule has 3 unspecified atom stereocenters. The van der Waals surface area contributed by atoms with Crippen LogP contribution < -0.4 is 5.73 Å². The Labute approximate surface area is 116 Å². The van der Waals surface area contributed by atoms with E-state index in [-0.39, 0.29) is 6.61 Å². The normalized spacial score (nSPS) is 15.6. The fraction of sp³-hybridized carbons (Fsp3) is 0.462. The maximum absolute atomic E-state index is 11.0. The van der Waals surface area contributed by atoms with E-state index in [0.717, 1.165) is 0 Å². The molecule has 0 aliphatic carbocycles. The monoisotopic (exact) mass is 285 g/mol. The van der Waals surface area contributed by atoms with E-state index in [4.69, 9.17) is 20.7 Å². The van der Waals surface area contributed by atoms with E-state index in [9.17, 15) is 15.0 Å². The van der Waals surface area contributed by atoms with Crippen molar-refractivity contribution < 1.29 is 30.0 Å². The molecule has 7 nitrogen and oxygen atoms in total. The van der Waals surface area contributed by atoms with Gasteiger partial charge in [-0.25, -0.2) is 0 Å². The molecule has 1 aromatic rings. The van der Waals surface area contributed by atoms with E-state index in [0.29, 0.717) is 11.1 Å². The molecule has 0 radical (unpaired) electrons. The molecule has 0 bridgehead atoms. The van der Waals surface area contributed by atoms with Crippen molar-refractivity contribution in [2.45, 2.75) is 24.9 Å². The molecule has 0 heterocycles. The van der Waals surface area contributed by atoms with Gasteiger partial charge in [-0.1, -0.05) is 12.1 Å². The second kappa shape index (κ2) is 7.93. The summed E-state index contributed by atoms with van der Waals surface area (Å²) in [6.45, 7) is -1.15. The Balaban J connectivity index is 2.64. The Bertz CT molecular complexity index is 439. The van der Waals surface area contributed by atoms with E-state index in [1.54, 1.807) is 18.2 Å². The van der Waals surface area contributed by atoms with Crippen LogP contribution in [-0.2, 0) is 11.3 Å². The summed E-state index contributed by atoms with van der Waals surface area (Å²) in [5.41, 5.74) is 6.10. The van der Waals surface area contributed by atoms with Crippen LogP contribution >= 0.6 is 0 Å². The molecular formula is C13H19NO6. The number of carbonyl (C=O) groups is 1. The highest BCUT2D eigenvalue weighted by Gasteiger charge is 2.26. The lowest BCUT2D eigenvalue weighted by molar-refractivity contribution is -0.121. The summed E-state index contributed by atoms with van der Waals surface area (Å²) < 4.78 is 5.27. The first kappa shape index (κ1) is 16.5. The van der Waals surface area contributed by atoms with Crippen LogP contribution in [0.1, 0.15) is 15.9 Å². The van der Waals surface area contributed by atoms with Gasteiger partial charge in [0.25, 0.3) is 0 Å². The molecule has 7 heteroatoms. The molecule has 0 saturated heterocycles. The number of rotatable bonds is 8. The van der Waals surface area contributed by atoms with Crippen LogP contribution in [0.4, 0.5) is 0 Å². The average Bonchev–Trinajstić information content (AvgIpc) is 2.47. The van der Waals surface area contributed by atoms with E-state index in [1.165, 1.54) is 6.07 Å². The summed E-state index contributed by atoms with van der Waals surface area (Å²) in [6.07, 6.45) is -3.86. The Morgan fingerprint density at radius 2 is 1.95 bits per heavy atom. The SMILES string of the molecule is NC(=O)c1cccc(COC(CO)C(O)C(O)CO)c1. The van der Waals surface area contributed by atoms with Crippen molar-refractivity contribution in [3.63, 3.8) is 0 Å². The minimum absolute atomic E-state index is 0.0154. The molecule has 3 atom stereocenters. The molecular weight excluding hydrogens is 266 g/mol. The smallest absolute Gasteiger partial charge is 0.248 e. The summed E-state index contributed by atoms with van der Waals surface area (Å²) in [5, 5.41) is 36.8. The van der Waals surface area contributed by atoms with Gasteiger partial charge < -0.3 is 30.9 Å². The van der Waals surface area contributed by atoms with Gasteiger partial charge in [0, 0.05) is 5.56 Å². The first-order valence-electron chi connectivity index (χ1n) is 6.07. The van der Waals surface area contributed by atoms with E-state index >= 15 is 0 Å². The minimum Gasteiger partial charge on any atom is -0.394 e. The van der Waals surface area contributed by atoms with Gasteiger partial charge in [-0.05, 0) is 17.7 Å². The Hall–Kier alpha value is -1.51. The fourth-order valence-corrected chi connectivity index (χ4v) is 1.63. The van der Waals surface area contributed by atoms with Crippen LogP contribution in [-0.4, -0.2) is 57.9 Å². The van der Waals surface area contributed by atoms with Crippen LogP contribution in [0.15, 0.2) is 24.3 Å². The highest BCUT2D eigenvalue weighted by Crippen LogP contribution is 2.10. The van der Waals surface area contributed by atoms with Gasteiger partial charge in [0.05, 0.1) is 19.8 Å². The molecule has 0 aromatic heterocycles. The van der Waals surface area contributed by atoms with Crippen LogP contribution in [0.25, 0.3) is 0 Å². The van der Waals surface area contributed by atoms with Gasteiger partial charge in [-0.3, -0.25) is 4.79 Å². The summed E-state index contributed by atoms with van der Waals surface area (Å²) in [4.78, 5) is 11.0. The predicted molar refractivity (Wildman–Crippen MR) is 69.7 cm³/mol. The number of hydrogen-bond acceptors (Lipinski definition) is 6. The fourth-order valence-electron chi connectivity index (χ4n) is 1.63. The lowest BCUT2D eigenvalue weighted by Gasteiger charge is -2.24. The van der Waals surface area contributed by atoms with Gasteiger partial charge in [0.1, 0.15) is 18.3 Å². The number of aliphatic hydroxyl groups is 4. The van der Waals surface area contributed by atoms with Crippen molar-refractivity contribution in [3.05, 3.63) is 35.4 Å². The Morgan fingerprint density at radius 3 is 2.50 bits per heavy atom. The van der Waals surface area contributed by atoms with Gasteiger partial charge >= 0.3 is 0 Å². The molecule has 20 heavy (non-hydrogen) atoms. The third kappa shape index (κ3) is 4.55. The third-order valence-corrected chi connectivity index (χ3v) is 2.82. The molecule has 0 fully saturated rings. The topological polar surface area (TPSA) is 133 Å². The van der Waals surface area contributed by atoms with Crippen molar-refractivity contribution in [2.24, 2.45) is 5.73 Å². The highest BCUT2D eigenvalue weighted by molar-refractivity contribution is 5.92. The summed E-state index contributed by atoms with van der Waals surface area (Å²) >= 11 is 0. The number of aliphatic hydroxyl groups excluding tert-OH is 4. The number of primary amides is 1. The van der Waals surface area contributed by atoms with Gasteiger partial charge in [-0.15, -0.1) is 0 Å². The van der Waals surface area contributed by atoms with Gasteiger partial charge in [0.15, 0.2) is 0 Å². The third-order valence-electron chi connectivity index (χ3n) is 2.82. The molecule has 0 spiro atoms. The average molecular weight is 285 g/mol. The number of nitrogens with two attached hydrogens (primary N) is 1. The largest absolute Gasteiger partial charge is 0.394 e. The van der Waals surface area contributed by atoms with Crippen molar-refractivity contribution >= 4 is 5.91 Å². The Morgan fingerprint density at radius 1 is 1.25 bits per heavy atom. The summed E-state index contributed by atoms with van der Waals surface area (Å²) in [5.74, 6) is -0.568.